The third-order valence-corrected chi connectivity index (χ3v) is 2.81. The first kappa shape index (κ1) is 14.1. The zero-order chi connectivity index (χ0) is 13.7. The van der Waals surface area contributed by atoms with Crippen LogP contribution in [0.3, 0.4) is 0 Å². The molecule has 18 heavy (non-hydrogen) atoms. The van der Waals surface area contributed by atoms with Gasteiger partial charge in [-0.15, -0.1) is 0 Å². The van der Waals surface area contributed by atoms with E-state index in [2.05, 4.69) is 6.07 Å². The Balaban J connectivity index is 2.98. The maximum atomic E-state index is 12.4. The maximum Gasteiger partial charge on any atom is 0.270 e. The van der Waals surface area contributed by atoms with Crippen LogP contribution in [0.2, 0.25) is 0 Å². The zero-order valence-electron chi connectivity index (χ0n) is 11.2. The summed E-state index contributed by atoms with van der Waals surface area (Å²) in [5.41, 5.74) is 6.92. The van der Waals surface area contributed by atoms with Crippen LogP contribution in [0.4, 0.5) is 5.69 Å². The minimum absolute atomic E-state index is 0.0712. The van der Waals surface area contributed by atoms with E-state index in [1.165, 1.54) is 0 Å². The van der Waals surface area contributed by atoms with Crippen molar-refractivity contribution in [3.05, 3.63) is 18.0 Å². The van der Waals surface area contributed by atoms with Crippen molar-refractivity contribution in [2.45, 2.75) is 33.2 Å². The predicted molar refractivity (Wildman–Crippen MR) is 71.0 cm³/mol. The van der Waals surface area contributed by atoms with Gasteiger partial charge in [0.05, 0.1) is 18.2 Å². The number of amides is 1. The smallest absolute Gasteiger partial charge is 0.270 e. The van der Waals surface area contributed by atoms with Crippen molar-refractivity contribution in [2.24, 2.45) is 0 Å². The molecule has 1 rings (SSSR count). The Kier molecular flexibility index (Phi) is 4.78. The molecule has 0 fully saturated rings. The van der Waals surface area contributed by atoms with Gasteiger partial charge in [-0.2, -0.15) is 5.26 Å². The lowest BCUT2D eigenvalue weighted by Crippen LogP contribution is -2.33. The van der Waals surface area contributed by atoms with E-state index in [1.807, 2.05) is 25.3 Å². The normalized spacial score (nSPS) is 10.4. The largest absolute Gasteiger partial charge is 0.397 e. The molecule has 0 radical (unpaired) electrons. The fourth-order valence-corrected chi connectivity index (χ4v) is 1.85. The van der Waals surface area contributed by atoms with Gasteiger partial charge in [0.15, 0.2) is 0 Å². The van der Waals surface area contributed by atoms with Gasteiger partial charge in [0.25, 0.3) is 5.91 Å². The first-order valence-electron chi connectivity index (χ1n) is 6.14. The quantitative estimate of drug-likeness (QED) is 0.866. The van der Waals surface area contributed by atoms with Crippen molar-refractivity contribution in [1.29, 1.82) is 5.26 Å². The summed E-state index contributed by atoms with van der Waals surface area (Å²) < 4.78 is 1.87. The van der Waals surface area contributed by atoms with Crippen molar-refractivity contribution >= 4 is 11.6 Å². The van der Waals surface area contributed by atoms with Gasteiger partial charge in [0, 0.05) is 25.3 Å². The highest BCUT2D eigenvalue weighted by Crippen LogP contribution is 2.18. The maximum absolute atomic E-state index is 12.4. The van der Waals surface area contributed by atoms with E-state index in [0.29, 0.717) is 30.9 Å². The number of hydrogen-bond acceptors (Lipinski definition) is 3. The number of anilines is 1. The minimum Gasteiger partial charge on any atom is -0.397 e. The fraction of sp³-hybridized carbons (Fsp3) is 0.538. The molecule has 0 spiro atoms. The van der Waals surface area contributed by atoms with E-state index in [4.69, 9.17) is 11.0 Å². The van der Waals surface area contributed by atoms with Gasteiger partial charge < -0.3 is 15.2 Å². The summed E-state index contributed by atoms with van der Waals surface area (Å²) in [7, 11) is 0. The Morgan fingerprint density at radius 2 is 2.28 bits per heavy atom. The number of hydrogen-bond donors (Lipinski definition) is 1. The molecule has 2 N–H and O–H groups in total. The highest BCUT2D eigenvalue weighted by atomic mass is 16.2. The van der Waals surface area contributed by atoms with Gasteiger partial charge in [0.2, 0.25) is 0 Å². The number of carbonyl (C=O) groups is 1. The second-order valence-corrected chi connectivity index (χ2v) is 4.45. The number of rotatable bonds is 5. The van der Waals surface area contributed by atoms with E-state index in [9.17, 15) is 4.79 Å². The monoisotopic (exact) mass is 248 g/mol. The van der Waals surface area contributed by atoms with Crippen LogP contribution in [0.5, 0.6) is 0 Å². The molecule has 0 bridgehead atoms. The number of nitrogens with zero attached hydrogens (tertiary/aromatic N) is 3. The molecule has 5 nitrogen and oxygen atoms in total. The molecule has 0 aliphatic heterocycles. The Morgan fingerprint density at radius 3 is 2.78 bits per heavy atom. The highest BCUT2D eigenvalue weighted by Gasteiger charge is 2.19. The van der Waals surface area contributed by atoms with Gasteiger partial charge in [-0.05, 0) is 26.8 Å². The molecule has 1 amide bonds. The first-order chi connectivity index (χ1) is 8.51. The molecule has 98 valence electrons. The summed E-state index contributed by atoms with van der Waals surface area (Å²) in [6.45, 7) is 6.95. The summed E-state index contributed by atoms with van der Waals surface area (Å²) >= 11 is 0. The second-order valence-electron chi connectivity index (χ2n) is 4.45. The number of carbonyl (C=O) groups excluding carboxylic acids is 1. The van der Waals surface area contributed by atoms with Crippen molar-refractivity contribution in [3.63, 3.8) is 0 Å². The number of nitrogen functional groups attached to an aromatic ring is 1. The number of nitrogens with two attached hydrogens (primary N) is 1. The van der Waals surface area contributed by atoms with Crippen LogP contribution in [0.1, 0.15) is 43.7 Å². The van der Waals surface area contributed by atoms with Crippen LogP contribution in [-0.4, -0.2) is 28.5 Å². The summed E-state index contributed by atoms with van der Waals surface area (Å²) in [5, 5.41) is 8.60. The molecule has 1 aromatic rings. The highest BCUT2D eigenvalue weighted by molar-refractivity contribution is 5.93. The van der Waals surface area contributed by atoms with Crippen molar-refractivity contribution in [2.75, 3.05) is 18.8 Å². The van der Waals surface area contributed by atoms with E-state index in [1.54, 1.807) is 17.2 Å². The topological polar surface area (TPSA) is 75.1 Å². The third kappa shape index (κ3) is 3.04. The molecule has 0 aromatic carbocycles. The van der Waals surface area contributed by atoms with Crippen LogP contribution >= 0.6 is 0 Å². The SMILES string of the molecule is CCN(CCC#N)C(=O)c1cc(N)cn1C(C)C. The Morgan fingerprint density at radius 1 is 1.61 bits per heavy atom. The van der Waals surface area contributed by atoms with E-state index < -0.39 is 0 Å². The van der Waals surface area contributed by atoms with Crippen molar-refractivity contribution < 1.29 is 4.79 Å². The molecule has 0 saturated heterocycles. The zero-order valence-corrected chi connectivity index (χ0v) is 11.2. The fourth-order valence-electron chi connectivity index (χ4n) is 1.85. The molecule has 5 heteroatoms. The molecule has 0 atom stereocenters. The Hall–Kier alpha value is -1.96. The average molecular weight is 248 g/mol. The molecular formula is C13H20N4O. The van der Waals surface area contributed by atoms with Gasteiger partial charge in [-0.3, -0.25) is 4.79 Å². The van der Waals surface area contributed by atoms with Crippen molar-refractivity contribution in [3.8, 4) is 6.07 Å². The predicted octanol–water partition coefficient (Wildman–Crippen LogP) is 2.03. The van der Waals surface area contributed by atoms with Crippen LogP contribution in [0.25, 0.3) is 0 Å². The standard InChI is InChI=1S/C13H20N4O/c1-4-16(7-5-6-14)13(18)12-8-11(15)9-17(12)10(2)3/h8-10H,4-5,7,15H2,1-3H3. The first-order valence-corrected chi connectivity index (χ1v) is 6.14. The van der Waals surface area contributed by atoms with Gasteiger partial charge >= 0.3 is 0 Å². The molecule has 0 unspecified atom stereocenters. The van der Waals surface area contributed by atoms with Crippen molar-refractivity contribution in [1.82, 2.24) is 9.47 Å². The number of aromatic nitrogens is 1. The second kappa shape index (κ2) is 6.10. The minimum atomic E-state index is -0.0712. The molecule has 0 aliphatic rings. The van der Waals surface area contributed by atoms with Crippen LogP contribution in [0, 0.1) is 11.3 Å². The molecule has 1 aromatic heterocycles. The van der Waals surface area contributed by atoms with E-state index in [0.717, 1.165) is 0 Å². The van der Waals surface area contributed by atoms with E-state index >= 15 is 0 Å². The molecule has 1 heterocycles. The molecular weight excluding hydrogens is 228 g/mol. The summed E-state index contributed by atoms with van der Waals surface area (Å²) in [5.74, 6) is -0.0712. The summed E-state index contributed by atoms with van der Waals surface area (Å²) in [6, 6.07) is 3.92. The third-order valence-electron chi connectivity index (χ3n) is 2.81. The Bertz CT molecular complexity index is 456. The lowest BCUT2D eigenvalue weighted by atomic mass is 10.3. The summed E-state index contributed by atoms with van der Waals surface area (Å²) in [4.78, 5) is 14.0. The Labute approximate surface area is 108 Å². The van der Waals surface area contributed by atoms with Gasteiger partial charge in [-0.1, -0.05) is 0 Å². The molecule has 0 aliphatic carbocycles. The van der Waals surface area contributed by atoms with Crippen LogP contribution in [0.15, 0.2) is 12.3 Å². The van der Waals surface area contributed by atoms with Crippen LogP contribution in [-0.2, 0) is 0 Å². The number of nitriles is 1. The van der Waals surface area contributed by atoms with Gasteiger partial charge in [0.1, 0.15) is 5.69 Å². The van der Waals surface area contributed by atoms with Gasteiger partial charge in [-0.25, -0.2) is 0 Å². The van der Waals surface area contributed by atoms with E-state index in [-0.39, 0.29) is 11.9 Å². The average Bonchev–Trinajstić information content (AvgIpc) is 2.72. The summed E-state index contributed by atoms with van der Waals surface area (Å²) in [6.07, 6.45) is 2.12. The lowest BCUT2D eigenvalue weighted by molar-refractivity contribution is 0.0755. The van der Waals surface area contributed by atoms with Crippen LogP contribution < -0.4 is 5.73 Å². The molecule has 0 saturated carbocycles. The lowest BCUT2D eigenvalue weighted by Gasteiger charge is -2.21.